The lowest BCUT2D eigenvalue weighted by Crippen LogP contribution is -2.37. The number of hydrogen-bond donors (Lipinski definition) is 0. The van der Waals surface area contributed by atoms with Gasteiger partial charge in [0.1, 0.15) is 19.3 Å². The Hall–Kier alpha value is -2.84. The summed E-state index contributed by atoms with van der Waals surface area (Å²) in [6.45, 7) is 5.17. The number of hydrogen-bond acceptors (Lipinski definition) is 7. The fourth-order valence-corrected chi connectivity index (χ4v) is 7.12. The number of phosphoric acid groups is 1. The van der Waals surface area contributed by atoms with Crippen LogP contribution in [0.1, 0.15) is 181 Å². The van der Waals surface area contributed by atoms with Crippen molar-refractivity contribution < 1.29 is 37.3 Å². The number of quaternary nitrogens is 1. The molecule has 0 amide bonds. The van der Waals surface area contributed by atoms with Gasteiger partial charge in [-0.15, -0.1) is 0 Å². The standard InChI is InChI=1S/C56H96NO7P/c1-6-8-10-12-14-16-18-20-22-24-26-28-29-30-31-33-35-37-39-41-43-45-47-49-56(58)64-55(54-63-65(59,60)62-52-50-57(3,4)5)53-61-51-48-46-44-42-40-38-36-34-32-27-25-23-21-19-17-15-13-11-9-7-2/h8,10,14-17,20-23,26,28,30-31,35,37,41,43,55H,6-7,9,11-13,18-19,24-25,27,29,32-34,36,38-40,42,44-54H2,1-5H3/b10-8-,16-14-,17-15-,22-20-,23-21-,28-26-,31-30-,37-35-,43-41-. The van der Waals surface area contributed by atoms with Crippen molar-refractivity contribution in [3.05, 3.63) is 109 Å². The minimum atomic E-state index is -4.56. The highest BCUT2D eigenvalue weighted by atomic mass is 31.2. The quantitative estimate of drug-likeness (QED) is 0.0197. The number of rotatable bonds is 46. The molecule has 0 aromatic rings. The van der Waals surface area contributed by atoms with Gasteiger partial charge in [0.05, 0.1) is 34.4 Å². The van der Waals surface area contributed by atoms with Crippen LogP contribution in [0.3, 0.4) is 0 Å². The van der Waals surface area contributed by atoms with Crippen molar-refractivity contribution in [3.8, 4) is 0 Å². The molecule has 0 spiro atoms. The molecule has 0 aliphatic heterocycles. The maximum Gasteiger partial charge on any atom is 0.306 e. The number of esters is 1. The molecule has 0 bridgehead atoms. The van der Waals surface area contributed by atoms with Gasteiger partial charge in [-0.25, -0.2) is 0 Å². The van der Waals surface area contributed by atoms with Crippen LogP contribution < -0.4 is 4.89 Å². The first-order chi connectivity index (χ1) is 31.6. The number of ether oxygens (including phenoxy) is 2. The van der Waals surface area contributed by atoms with E-state index in [1.54, 1.807) is 0 Å². The summed E-state index contributed by atoms with van der Waals surface area (Å²) in [5.41, 5.74) is 0. The summed E-state index contributed by atoms with van der Waals surface area (Å²) in [5.74, 6) is -0.396. The molecule has 0 N–H and O–H groups in total. The molecule has 0 fully saturated rings. The van der Waals surface area contributed by atoms with Crippen molar-refractivity contribution in [1.29, 1.82) is 0 Å². The molecule has 0 radical (unpaired) electrons. The molecule has 0 aromatic carbocycles. The van der Waals surface area contributed by atoms with E-state index in [0.717, 1.165) is 70.6 Å². The number of likely N-dealkylation sites (N-methyl/N-ethyl adjacent to an activating group) is 1. The van der Waals surface area contributed by atoms with Crippen molar-refractivity contribution >= 4 is 13.8 Å². The first kappa shape index (κ1) is 62.2. The SMILES string of the molecule is CC/C=C\C/C=C\C/C=C\C/C=C\C/C=C\C/C=C\C/C=C\CCCC(=O)OC(COCCCCCCCCCCCC/C=C\C/C=C\CCCCC)COP(=O)([O-])OCC[N+](C)(C)C. The van der Waals surface area contributed by atoms with E-state index in [0.29, 0.717) is 24.1 Å². The van der Waals surface area contributed by atoms with Gasteiger partial charge < -0.3 is 27.9 Å². The van der Waals surface area contributed by atoms with Crippen molar-refractivity contribution in [2.45, 2.75) is 187 Å². The summed E-state index contributed by atoms with van der Waals surface area (Å²) >= 11 is 0. The normalized spacial score (nSPS) is 14.5. The third-order valence-corrected chi connectivity index (χ3v) is 11.3. The average molecular weight is 926 g/mol. The molecule has 372 valence electrons. The third kappa shape index (κ3) is 52.0. The van der Waals surface area contributed by atoms with Gasteiger partial charge in [0.15, 0.2) is 0 Å². The van der Waals surface area contributed by atoms with Crippen molar-refractivity contribution in [1.82, 2.24) is 0 Å². The molecule has 8 nitrogen and oxygen atoms in total. The molecule has 0 heterocycles. The molecule has 0 aromatic heterocycles. The number of allylic oxidation sites excluding steroid dienone is 18. The Morgan fingerprint density at radius 1 is 0.492 bits per heavy atom. The first-order valence-corrected chi connectivity index (χ1v) is 27.1. The summed E-state index contributed by atoms with van der Waals surface area (Å²) in [7, 11) is 1.30. The zero-order valence-electron chi connectivity index (χ0n) is 42.1. The molecule has 65 heavy (non-hydrogen) atoms. The number of nitrogens with zero attached hydrogens (tertiary/aromatic N) is 1. The van der Waals surface area contributed by atoms with Crippen LogP contribution in [-0.4, -0.2) is 70.7 Å². The Labute approximate surface area is 400 Å². The third-order valence-electron chi connectivity index (χ3n) is 10.3. The summed E-state index contributed by atoms with van der Waals surface area (Å²) in [4.78, 5) is 25.2. The topological polar surface area (TPSA) is 94.1 Å². The average Bonchev–Trinajstić information content (AvgIpc) is 3.27. The fraction of sp³-hybridized carbons (Fsp3) is 0.661. The highest BCUT2D eigenvalue weighted by Crippen LogP contribution is 2.38. The van der Waals surface area contributed by atoms with Gasteiger partial charge >= 0.3 is 5.97 Å². The van der Waals surface area contributed by atoms with Crippen molar-refractivity contribution in [3.63, 3.8) is 0 Å². The largest absolute Gasteiger partial charge is 0.756 e. The Bertz CT molecular complexity index is 1400. The Kier molecular flexibility index (Phi) is 45.6. The van der Waals surface area contributed by atoms with Gasteiger partial charge in [0.25, 0.3) is 7.82 Å². The maximum absolute atomic E-state index is 12.7. The van der Waals surface area contributed by atoms with Crippen molar-refractivity contribution in [2.75, 3.05) is 54.1 Å². The fourth-order valence-electron chi connectivity index (χ4n) is 6.39. The van der Waals surface area contributed by atoms with Crippen LogP contribution in [0.2, 0.25) is 0 Å². The summed E-state index contributed by atoms with van der Waals surface area (Å²) in [5, 5.41) is 0. The van der Waals surface area contributed by atoms with E-state index in [2.05, 4.69) is 123 Å². The van der Waals surface area contributed by atoms with E-state index in [1.807, 2.05) is 21.1 Å². The van der Waals surface area contributed by atoms with Gasteiger partial charge in [0, 0.05) is 13.0 Å². The molecule has 0 rings (SSSR count). The molecule has 0 aliphatic rings. The molecule has 0 aliphatic carbocycles. The van der Waals surface area contributed by atoms with Crippen LogP contribution in [0.5, 0.6) is 0 Å². The Morgan fingerprint density at radius 3 is 1.34 bits per heavy atom. The minimum Gasteiger partial charge on any atom is -0.756 e. The van der Waals surface area contributed by atoms with Crippen LogP contribution in [0.25, 0.3) is 0 Å². The lowest BCUT2D eigenvalue weighted by molar-refractivity contribution is -0.870. The molecule has 9 heteroatoms. The first-order valence-electron chi connectivity index (χ1n) is 25.6. The van der Waals surface area contributed by atoms with E-state index in [1.165, 1.54) is 83.5 Å². The number of phosphoric ester groups is 1. The molecule has 0 saturated heterocycles. The van der Waals surface area contributed by atoms with E-state index < -0.39 is 19.9 Å². The van der Waals surface area contributed by atoms with Crippen LogP contribution in [0.4, 0.5) is 0 Å². The van der Waals surface area contributed by atoms with Crippen LogP contribution in [0.15, 0.2) is 109 Å². The lowest BCUT2D eigenvalue weighted by atomic mass is 10.1. The van der Waals surface area contributed by atoms with Gasteiger partial charge in [-0.05, 0) is 96.3 Å². The Morgan fingerprint density at radius 2 is 0.892 bits per heavy atom. The number of carbonyl (C=O) groups is 1. The molecular weight excluding hydrogens is 830 g/mol. The number of unbranched alkanes of at least 4 members (excludes halogenated alkanes) is 14. The predicted octanol–water partition coefficient (Wildman–Crippen LogP) is 15.3. The zero-order valence-corrected chi connectivity index (χ0v) is 43.0. The van der Waals surface area contributed by atoms with Crippen LogP contribution in [0, 0.1) is 0 Å². The Balaban J connectivity index is 4.30. The summed E-state index contributed by atoms with van der Waals surface area (Å²) in [6, 6.07) is 0. The number of carbonyl (C=O) groups excluding carboxylic acids is 1. The zero-order chi connectivity index (χ0) is 47.6. The van der Waals surface area contributed by atoms with Crippen molar-refractivity contribution in [2.24, 2.45) is 0 Å². The monoisotopic (exact) mass is 926 g/mol. The van der Waals surface area contributed by atoms with E-state index >= 15 is 0 Å². The second-order valence-corrected chi connectivity index (χ2v) is 19.2. The van der Waals surface area contributed by atoms with E-state index in [4.69, 9.17) is 18.5 Å². The predicted molar refractivity (Wildman–Crippen MR) is 277 cm³/mol. The van der Waals surface area contributed by atoms with Crippen LogP contribution >= 0.6 is 7.82 Å². The highest BCUT2D eigenvalue weighted by Gasteiger charge is 2.20. The lowest BCUT2D eigenvalue weighted by Gasteiger charge is -2.28. The molecule has 2 unspecified atom stereocenters. The maximum atomic E-state index is 12.7. The summed E-state index contributed by atoms with van der Waals surface area (Å²) < 4.78 is 34.7. The minimum absolute atomic E-state index is 0.00835. The van der Waals surface area contributed by atoms with Gasteiger partial charge in [-0.2, -0.15) is 0 Å². The molecular formula is C56H96NO7P. The summed E-state index contributed by atoms with van der Waals surface area (Å²) in [6.07, 6.45) is 66.9. The smallest absolute Gasteiger partial charge is 0.306 e. The highest BCUT2D eigenvalue weighted by molar-refractivity contribution is 7.45. The van der Waals surface area contributed by atoms with Gasteiger partial charge in [0.2, 0.25) is 0 Å². The second-order valence-electron chi connectivity index (χ2n) is 17.8. The van der Waals surface area contributed by atoms with Gasteiger partial charge in [-0.1, -0.05) is 187 Å². The van der Waals surface area contributed by atoms with E-state index in [-0.39, 0.29) is 26.2 Å². The second kappa shape index (κ2) is 47.6. The van der Waals surface area contributed by atoms with Crippen LogP contribution in [-0.2, 0) is 27.9 Å². The molecule has 2 atom stereocenters. The van der Waals surface area contributed by atoms with E-state index in [9.17, 15) is 14.3 Å². The molecule has 0 saturated carbocycles. The van der Waals surface area contributed by atoms with Gasteiger partial charge in [-0.3, -0.25) is 9.36 Å².